The summed E-state index contributed by atoms with van der Waals surface area (Å²) < 4.78 is 34.2. The molecule has 0 unspecified atom stereocenters. The number of amides is 1. The highest BCUT2D eigenvalue weighted by atomic mass is 19.3. The van der Waals surface area contributed by atoms with Crippen LogP contribution in [0.1, 0.15) is 63.5 Å². The number of halogens is 2. The molecule has 1 aromatic carbocycles. The van der Waals surface area contributed by atoms with E-state index < -0.39 is 11.5 Å². The normalized spacial score (nSPS) is 19.6. The summed E-state index contributed by atoms with van der Waals surface area (Å²) in [7, 11) is 0. The lowest BCUT2D eigenvalue weighted by Crippen LogP contribution is -2.47. The number of hydrogen-bond acceptors (Lipinski definition) is 8. The zero-order valence-electron chi connectivity index (χ0n) is 23.0. The zero-order chi connectivity index (χ0) is 27.6. The smallest absolute Gasteiger partial charge is 0.410 e. The number of alkyl halides is 2. The maximum Gasteiger partial charge on any atom is 0.410 e. The summed E-state index contributed by atoms with van der Waals surface area (Å²) in [6, 6.07) is 6.38. The predicted molar refractivity (Wildman–Crippen MR) is 148 cm³/mol. The summed E-state index contributed by atoms with van der Waals surface area (Å²) in [6.07, 6.45) is 4.44. The van der Waals surface area contributed by atoms with E-state index in [0.717, 1.165) is 58.1 Å². The summed E-state index contributed by atoms with van der Waals surface area (Å²) in [5, 5.41) is 9.73. The van der Waals surface area contributed by atoms with Crippen LogP contribution in [-0.4, -0.2) is 72.4 Å². The Labute approximate surface area is 228 Å². The lowest BCUT2D eigenvalue weighted by Gasteiger charge is -2.36. The molecule has 2 aromatic rings. The fourth-order valence-corrected chi connectivity index (χ4v) is 5.06. The van der Waals surface area contributed by atoms with Gasteiger partial charge in [0.1, 0.15) is 11.4 Å². The highest BCUT2D eigenvalue weighted by Crippen LogP contribution is 2.45. The first kappa shape index (κ1) is 27.4. The maximum atomic E-state index is 14.4. The molecule has 1 aliphatic carbocycles. The molecule has 0 atom stereocenters. The Kier molecular flexibility index (Phi) is 7.80. The van der Waals surface area contributed by atoms with Gasteiger partial charge >= 0.3 is 6.09 Å². The van der Waals surface area contributed by atoms with Crippen molar-refractivity contribution in [2.75, 3.05) is 61.3 Å². The van der Waals surface area contributed by atoms with Crippen LogP contribution in [0.15, 0.2) is 24.4 Å². The molecule has 11 heteroatoms. The first-order valence-electron chi connectivity index (χ1n) is 13.9. The molecule has 39 heavy (non-hydrogen) atoms. The van der Waals surface area contributed by atoms with E-state index >= 15 is 0 Å². The van der Waals surface area contributed by atoms with Gasteiger partial charge in [-0.25, -0.2) is 18.6 Å². The Morgan fingerprint density at radius 1 is 1.21 bits per heavy atom. The number of hydrogen-bond donors (Lipinski definition) is 3. The van der Waals surface area contributed by atoms with Gasteiger partial charge in [-0.1, -0.05) is 0 Å². The van der Waals surface area contributed by atoms with Crippen molar-refractivity contribution in [3.63, 3.8) is 0 Å². The van der Waals surface area contributed by atoms with Gasteiger partial charge in [0, 0.05) is 76.7 Å². The SMILES string of the molecule is CC1(C)CCN(CCCNc2nc(Nc3ccc(N4CCNCC4)cc3C3CC3)ncc2C(C)(F)F)C(=O)O1. The number of aromatic nitrogens is 2. The maximum absolute atomic E-state index is 14.4. The van der Waals surface area contributed by atoms with E-state index in [1.54, 1.807) is 4.90 Å². The molecule has 3 aliphatic rings. The Morgan fingerprint density at radius 3 is 2.67 bits per heavy atom. The van der Waals surface area contributed by atoms with Crippen molar-refractivity contribution in [1.29, 1.82) is 0 Å². The van der Waals surface area contributed by atoms with Gasteiger partial charge in [0.2, 0.25) is 5.95 Å². The van der Waals surface area contributed by atoms with Crippen LogP contribution in [0.25, 0.3) is 0 Å². The van der Waals surface area contributed by atoms with Crippen molar-refractivity contribution in [3.05, 3.63) is 35.5 Å². The van der Waals surface area contributed by atoms with Crippen molar-refractivity contribution in [3.8, 4) is 0 Å². The van der Waals surface area contributed by atoms with E-state index in [1.165, 1.54) is 17.4 Å². The van der Waals surface area contributed by atoms with Crippen molar-refractivity contribution in [2.45, 2.75) is 63.9 Å². The summed E-state index contributed by atoms with van der Waals surface area (Å²) in [4.78, 5) is 24.9. The number of carbonyl (C=O) groups is 1. The molecule has 3 fully saturated rings. The number of piperazine rings is 1. The fourth-order valence-electron chi connectivity index (χ4n) is 5.06. The molecular formula is C28H39F2N7O2. The highest BCUT2D eigenvalue weighted by molar-refractivity contribution is 5.69. The summed E-state index contributed by atoms with van der Waals surface area (Å²) >= 11 is 0. The lowest BCUT2D eigenvalue weighted by atomic mass is 10.0. The molecule has 2 saturated heterocycles. The highest BCUT2D eigenvalue weighted by Gasteiger charge is 2.33. The number of cyclic esters (lactones) is 1. The number of ether oxygens (including phenoxy) is 1. The Hall–Kier alpha value is -3.21. The molecule has 9 nitrogen and oxygen atoms in total. The lowest BCUT2D eigenvalue weighted by molar-refractivity contribution is -0.0253. The third kappa shape index (κ3) is 6.87. The minimum atomic E-state index is -3.10. The van der Waals surface area contributed by atoms with Crippen LogP contribution in [0, 0.1) is 0 Å². The van der Waals surface area contributed by atoms with E-state index in [9.17, 15) is 13.6 Å². The van der Waals surface area contributed by atoms with Gasteiger partial charge in [-0.15, -0.1) is 0 Å². The number of benzene rings is 1. The molecule has 5 rings (SSSR count). The molecule has 0 spiro atoms. The first-order chi connectivity index (χ1) is 18.6. The molecule has 1 saturated carbocycles. The average molecular weight is 544 g/mol. The molecular weight excluding hydrogens is 504 g/mol. The van der Waals surface area contributed by atoms with Crippen LogP contribution >= 0.6 is 0 Å². The second-order valence-corrected chi connectivity index (χ2v) is 11.4. The minimum Gasteiger partial charge on any atom is -0.443 e. The van der Waals surface area contributed by atoms with E-state index in [4.69, 9.17) is 4.74 Å². The molecule has 1 amide bonds. The molecule has 0 bridgehead atoms. The Bertz CT molecular complexity index is 1180. The van der Waals surface area contributed by atoms with Crippen LogP contribution < -0.4 is 20.9 Å². The second-order valence-electron chi connectivity index (χ2n) is 11.4. The van der Waals surface area contributed by atoms with E-state index in [0.29, 0.717) is 32.0 Å². The van der Waals surface area contributed by atoms with Gasteiger partial charge in [-0.3, -0.25) is 0 Å². The molecule has 2 aliphatic heterocycles. The molecule has 1 aromatic heterocycles. The topological polar surface area (TPSA) is 94.6 Å². The Morgan fingerprint density at radius 2 is 1.97 bits per heavy atom. The van der Waals surface area contributed by atoms with Gasteiger partial charge in [-0.05, 0) is 62.8 Å². The summed E-state index contributed by atoms with van der Waals surface area (Å²) in [5.41, 5.74) is 2.61. The predicted octanol–water partition coefficient (Wildman–Crippen LogP) is 5.04. The summed E-state index contributed by atoms with van der Waals surface area (Å²) in [6.45, 7) is 9.97. The molecule has 3 N–H and O–H groups in total. The largest absolute Gasteiger partial charge is 0.443 e. The van der Waals surface area contributed by atoms with Crippen LogP contribution in [-0.2, 0) is 10.7 Å². The number of nitrogens with one attached hydrogen (secondary N) is 3. The minimum absolute atomic E-state index is 0.0905. The second kappa shape index (κ2) is 11.1. The van der Waals surface area contributed by atoms with Crippen molar-refractivity contribution in [1.82, 2.24) is 20.2 Å². The number of carbonyl (C=O) groups excluding carboxylic acids is 1. The number of anilines is 4. The molecule has 212 valence electrons. The van der Waals surface area contributed by atoms with E-state index in [-0.39, 0.29) is 23.4 Å². The molecule has 0 radical (unpaired) electrons. The van der Waals surface area contributed by atoms with Crippen LogP contribution in [0.2, 0.25) is 0 Å². The quantitative estimate of drug-likeness (QED) is 0.359. The van der Waals surface area contributed by atoms with Crippen LogP contribution in [0.4, 0.5) is 36.7 Å². The van der Waals surface area contributed by atoms with Crippen LogP contribution in [0.5, 0.6) is 0 Å². The number of rotatable bonds is 10. The van der Waals surface area contributed by atoms with Gasteiger partial charge in [0.25, 0.3) is 5.92 Å². The van der Waals surface area contributed by atoms with E-state index in [2.05, 4.69) is 43.0 Å². The Balaban J connectivity index is 1.27. The average Bonchev–Trinajstić information content (AvgIpc) is 3.73. The van der Waals surface area contributed by atoms with Crippen LogP contribution in [0.3, 0.4) is 0 Å². The molecule has 3 heterocycles. The monoisotopic (exact) mass is 543 g/mol. The van der Waals surface area contributed by atoms with Gasteiger partial charge in [0.15, 0.2) is 0 Å². The number of nitrogens with zero attached hydrogens (tertiary/aromatic N) is 4. The van der Waals surface area contributed by atoms with Gasteiger partial charge < -0.3 is 30.5 Å². The van der Waals surface area contributed by atoms with Gasteiger partial charge in [0.05, 0.1) is 5.56 Å². The summed E-state index contributed by atoms with van der Waals surface area (Å²) in [5.74, 6) is -2.26. The van der Waals surface area contributed by atoms with Crippen molar-refractivity contribution in [2.24, 2.45) is 0 Å². The first-order valence-corrected chi connectivity index (χ1v) is 13.9. The zero-order valence-corrected chi connectivity index (χ0v) is 23.0. The third-order valence-corrected chi connectivity index (χ3v) is 7.55. The van der Waals surface area contributed by atoms with Crippen molar-refractivity contribution < 1.29 is 18.3 Å². The fraction of sp³-hybridized carbons (Fsp3) is 0.607. The third-order valence-electron chi connectivity index (χ3n) is 7.55. The van der Waals surface area contributed by atoms with Gasteiger partial charge in [-0.2, -0.15) is 4.98 Å². The van der Waals surface area contributed by atoms with E-state index in [1.807, 2.05) is 19.9 Å². The standard InChI is InChI=1S/C28H39F2N7O2/c1-27(2)9-14-37(26(38)39-27)13-4-10-32-24-22(28(3,29)30)18-33-25(35-24)34-23-8-7-20(17-21(23)19-5-6-19)36-15-11-31-12-16-36/h7-8,17-19,31H,4-6,9-16H2,1-3H3,(H2,32,33,34,35). The van der Waals surface area contributed by atoms with Crippen molar-refractivity contribution >= 4 is 29.2 Å².